The minimum absolute atomic E-state index is 0.224. The number of rotatable bonds is 1. The molecule has 80 valence electrons. The molecule has 0 aromatic rings. The van der Waals surface area contributed by atoms with Crippen LogP contribution in [0, 0.1) is 5.92 Å². The smallest absolute Gasteiger partial charge is 0.410 e. The number of hydrogen-bond donors (Lipinski definition) is 0. The van der Waals surface area contributed by atoms with Crippen LogP contribution in [0.1, 0.15) is 20.8 Å². The van der Waals surface area contributed by atoms with E-state index in [1.54, 1.807) is 11.9 Å². The van der Waals surface area contributed by atoms with Gasteiger partial charge in [0, 0.05) is 32.3 Å². The molecule has 0 atom stereocenters. The van der Waals surface area contributed by atoms with Gasteiger partial charge in [-0.25, -0.2) is 4.79 Å². The fourth-order valence-electron chi connectivity index (χ4n) is 1.29. The average molecular weight is 198 g/mol. The van der Waals surface area contributed by atoms with E-state index in [1.807, 2.05) is 27.0 Å². The molecule has 1 fully saturated rings. The van der Waals surface area contributed by atoms with Crippen LogP contribution in [-0.2, 0) is 4.74 Å². The van der Waals surface area contributed by atoms with Crippen molar-refractivity contribution in [3.63, 3.8) is 0 Å². The number of ether oxygens (including phenoxy) is 1. The molecule has 0 aromatic carbocycles. The summed E-state index contributed by atoms with van der Waals surface area (Å²) in [4.78, 5) is 17.1. The zero-order chi connectivity index (χ0) is 10.8. The first-order valence-corrected chi connectivity index (χ1v) is 4.82. The zero-order valence-corrected chi connectivity index (χ0v) is 9.28. The second-order valence-electron chi connectivity index (χ2n) is 4.55. The molecule has 0 aliphatic carbocycles. The second kappa shape index (κ2) is 3.98. The van der Waals surface area contributed by atoms with Gasteiger partial charge in [0.05, 0.1) is 0 Å². The van der Waals surface area contributed by atoms with E-state index < -0.39 is 5.60 Å². The Morgan fingerprint density at radius 1 is 1.50 bits per heavy atom. The van der Waals surface area contributed by atoms with E-state index >= 15 is 0 Å². The molecule has 0 aromatic heterocycles. The van der Waals surface area contributed by atoms with Crippen LogP contribution in [0.25, 0.3) is 0 Å². The van der Waals surface area contributed by atoms with Crippen LogP contribution in [0.3, 0.4) is 0 Å². The molecule has 4 nitrogen and oxygen atoms in total. The maximum absolute atomic E-state index is 11.4. The monoisotopic (exact) mass is 198 g/mol. The Balaban J connectivity index is 2.30. The highest BCUT2D eigenvalue weighted by Gasteiger charge is 2.32. The highest BCUT2D eigenvalue weighted by atomic mass is 16.6. The number of aliphatic imine (C=N–C) groups is 1. The topological polar surface area (TPSA) is 41.9 Å². The number of carbonyl (C=O) groups is 1. The Labute approximate surface area is 84.9 Å². The maximum atomic E-state index is 11.4. The molecule has 0 unspecified atom stereocenters. The standard InChI is InChI=1S/C10H18N2O2/c1-10(2,3)14-9(13)12-6-8(7-12)5-11-4/h5,8H,6-7H2,1-4H3. The van der Waals surface area contributed by atoms with Crippen molar-refractivity contribution in [2.24, 2.45) is 10.9 Å². The molecule has 0 N–H and O–H groups in total. The van der Waals surface area contributed by atoms with Crippen molar-refractivity contribution in [2.45, 2.75) is 26.4 Å². The Hall–Kier alpha value is -1.06. The van der Waals surface area contributed by atoms with Gasteiger partial charge in [0.15, 0.2) is 0 Å². The summed E-state index contributed by atoms with van der Waals surface area (Å²) in [6.07, 6.45) is 1.65. The van der Waals surface area contributed by atoms with E-state index in [-0.39, 0.29) is 6.09 Å². The molecule has 0 bridgehead atoms. The minimum atomic E-state index is -0.402. The van der Waals surface area contributed by atoms with Crippen LogP contribution in [-0.4, -0.2) is 42.9 Å². The number of hydrogen-bond acceptors (Lipinski definition) is 3. The Bertz CT molecular complexity index is 237. The Morgan fingerprint density at radius 3 is 2.50 bits per heavy atom. The van der Waals surface area contributed by atoms with Crippen LogP contribution in [0.15, 0.2) is 4.99 Å². The van der Waals surface area contributed by atoms with Crippen molar-refractivity contribution in [3.05, 3.63) is 0 Å². The lowest BCUT2D eigenvalue weighted by molar-refractivity contribution is 0.00737. The van der Waals surface area contributed by atoms with Crippen molar-refractivity contribution >= 4 is 12.3 Å². The van der Waals surface area contributed by atoms with Crippen molar-refractivity contribution < 1.29 is 9.53 Å². The first kappa shape index (κ1) is 11.0. The summed E-state index contributed by atoms with van der Waals surface area (Å²) in [6.45, 7) is 7.07. The number of carbonyl (C=O) groups excluding carboxylic acids is 1. The van der Waals surface area contributed by atoms with Crippen LogP contribution >= 0.6 is 0 Å². The summed E-state index contributed by atoms with van der Waals surface area (Å²) in [5.41, 5.74) is -0.402. The van der Waals surface area contributed by atoms with Crippen molar-refractivity contribution in [1.82, 2.24) is 4.90 Å². The molecule has 1 aliphatic rings. The molecule has 14 heavy (non-hydrogen) atoms. The van der Waals surface area contributed by atoms with E-state index in [2.05, 4.69) is 4.99 Å². The highest BCUT2D eigenvalue weighted by Crippen LogP contribution is 2.17. The van der Waals surface area contributed by atoms with Crippen molar-refractivity contribution in [3.8, 4) is 0 Å². The van der Waals surface area contributed by atoms with Gasteiger partial charge in [-0.2, -0.15) is 0 Å². The molecular formula is C10H18N2O2. The zero-order valence-electron chi connectivity index (χ0n) is 9.28. The summed E-state index contributed by atoms with van der Waals surface area (Å²) in [5, 5.41) is 0. The highest BCUT2D eigenvalue weighted by molar-refractivity contribution is 5.73. The molecule has 1 saturated heterocycles. The van der Waals surface area contributed by atoms with E-state index in [9.17, 15) is 4.79 Å². The lowest BCUT2D eigenvalue weighted by Crippen LogP contribution is -2.52. The fourth-order valence-corrected chi connectivity index (χ4v) is 1.29. The van der Waals surface area contributed by atoms with Gasteiger partial charge in [0.25, 0.3) is 0 Å². The van der Waals surface area contributed by atoms with Gasteiger partial charge in [0.1, 0.15) is 5.60 Å². The molecule has 0 radical (unpaired) electrons. The predicted octanol–water partition coefficient (Wildman–Crippen LogP) is 1.55. The Morgan fingerprint density at radius 2 is 2.07 bits per heavy atom. The average Bonchev–Trinajstić information content (AvgIpc) is 1.91. The third-order valence-electron chi connectivity index (χ3n) is 1.92. The van der Waals surface area contributed by atoms with Crippen molar-refractivity contribution in [2.75, 3.05) is 20.1 Å². The maximum Gasteiger partial charge on any atom is 0.410 e. The van der Waals surface area contributed by atoms with E-state index in [0.717, 1.165) is 13.1 Å². The third kappa shape index (κ3) is 3.01. The lowest BCUT2D eigenvalue weighted by atomic mass is 10.0. The third-order valence-corrected chi connectivity index (χ3v) is 1.92. The molecule has 1 amide bonds. The fraction of sp³-hybridized carbons (Fsp3) is 0.800. The molecule has 1 heterocycles. The summed E-state index contributed by atoms with van der Waals surface area (Å²) >= 11 is 0. The van der Waals surface area contributed by atoms with Gasteiger partial charge in [-0.05, 0) is 20.8 Å². The van der Waals surface area contributed by atoms with Gasteiger partial charge in [-0.15, -0.1) is 0 Å². The predicted molar refractivity (Wildman–Crippen MR) is 55.7 cm³/mol. The normalized spacial score (nSPS) is 18.4. The number of likely N-dealkylation sites (tertiary alicyclic amines) is 1. The number of nitrogens with zero attached hydrogens (tertiary/aromatic N) is 2. The van der Waals surface area contributed by atoms with E-state index in [4.69, 9.17) is 4.74 Å². The molecule has 4 heteroatoms. The largest absolute Gasteiger partial charge is 0.444 e. The lowest BCUT2D eigenvalue weighted by Gasteiger charge is -2.37. The van der Waals surface area contributed by atoms with Crippen LogP contribution in [0.2, 0.25) is 0 Å². The summed E-state index contributed by atoms with van der Waals surface area (Å²) < 4.78 is 5.21. The number of amides is 1. The van der Waals surface area contributed by atoms with E-state index in [0.29, 0.717) is 5.92 Å². The van der Waals surface area contributed by atoms with Gasteiger partial charge in [0.2, 0.25) is 0 Å². The molecule has 0 spiro atoms. The SMILES string of the molecule is CN=CC1CN(C(=O)OC(C)(C)C)C1. The van der Waals surface area contributed by atoms with Crippen LogP contribution in [0.5, 0.6) is 0 Å². The van der Waals surface area contributed by atoms with E-state index in [1.165, 1.54) is 0 Å². The molecular weight excluding hydrogens is 180 g/mol. The minimum Gasteiger partial charge on any atom is -0.444 e. The molecule has 1 rings (SSSR count). The molecule has 1 aliphatic heterocycles. The quantitative estimate of drug-likeness (QED) is 0.600. The van der Waals surface area contributed by atoms with Crippen molar-refractivity contribution in [1.29, 1.82) is 0 Å². The van der Waals surface area contributed by atoms with Crippen LogP contribution < -0.4 is 0 Å². The second-order valence-corrected chi connectivity index (χ2v) is 4.55. The molecule has 0 saturated carbocycles. The summed E-state index contributed by atoms with van der Waals surface area (Å²) in [6, 6.07) is 0. The van der Waals surface area contributed by atoms with Crippen LogP contribution in [0.4, 0.5) is 4.79 Å². The van der Waals surface area contributed by atoms with Gasteiger partial charge < -0.3 is 14.6 Å². The van der Waals surface area contributed by atoms with Gasteiger partial charge in [-0.3, -0.25) is 0 Å². The first-order chi connectivity index (χ1) is 6.42. The van der Waals surface area contributed by atoms with Gasteiger partial charge >= 0.3 is 6.09 Å². The summed E-state index contributed by atoms with van der Waals surface area (Å²) in [5.74, 6) is 0.410. The summed E-state index contributed by atoms with van der Waals surface area (Å²) in [7, 11) is 1.75. The van der Waals surface area contributed by atoms with Gasteiger partial charge in [-0.1, -0.05) is 0 Å². The first-order valence-electron chi connectivity index (χ1n) is 4.82. The Kier molecular flexibility index (Phi) is 3.13.